The molecule has 0 aliphatic rings. The van der Waals surface area contributed by atoms with E-state index in [4.69, 9.17) is 16.3 Å². The standard InChI is InChI=1S/C20H15ClN2O6S2/c1-29-15-8-12-17(13-9-15)31(27,28)23-19-5-3-2-4-18(19)22(20(23)24)30(25,26)16-10-6-14(21)7-11-16/h2-13H,1H3. The normalized spacial score (nSPS) is 12.2. The average Bonchev–Trinajstić information content (AvgIpc) is 3.07. The van der Waals surface area contributed by atoms with Crippen LogP contribution in [0.4, 0.5) is 0 Å². The fourth-order valence-electron chi connectivity index (χ4n) is 3.13. The summed E-state index contributed by atoms with van der Waals surface area (Å²) in [6.07, 6.45) is 0. The van der Waals surface area contributed by atoms with Gasteiger partial charge in [0.25, 0.3) is 20.0 Å². The Balaban J connectivity index is 2.02. The molecule has 0 atom stereocenters. The molecule has 0 radical (unpaired) electrons. The molecule has 4 rings (SSSR count). The van der Waals surface area contributed by atoms with Crippen molar-refractivity contribution in [1.82, 2.24) is 7.94 Å². The lowest BCUT2D eigenvalue weighted by molar-refractivity contribution is 0.414. The highest BCUT2D eigenvalue weighted by Crippen LogP contribution is 2.25. The van der Waals surface area contributed by atoms with Crippen molar-refractivity contribution in [3.63, 3.8) is 0 Å². The van der Waals surface area contributed by atoms with E-state index in [0.29, 0.717) is 18.7 Å². The minimum absolute atomic E-state index is 0.0687. The Hall–Kier alpha value is -3.08. The minimum Gasteiger partial charge on any atom is -0.497 e. The lowest BCUT2D eigenvalue weighted by atomic mass is 10.3. The SMILES string of the molecule is COc1ccc(S(=O)(=O)n2c(=O)n(S(=O)(=O)c3ccc(Cl)cc3)c3ccccc32)cc1. The summed E-state index contributed by atoms with van der Waals surface area (Å²) in [4.78, 5) is 12.8. The van der Waals surface area contributed by atoms with Crippen molar-refractivity contribution in [2.45, 2.75) is 9.79 Å². The van der Waals surface area contributed by atoms with Crippen molar-refractivity contribution < 1.29 is 21.6 Å². The monoisotopic (exact) mass is 478 g/mol. The number of nitrogens with zero attached hydrogens (tertiary/aromatic N) is 2. The zero-order valence-electron chi connectivity index (χ0n) is 16.0. The van der Waals surface area contributed by atoms with E-state index in [9.17, 15) is 21.6 Å². The zero-order chi connectivity index (χ0) is 22.4. The van der Waals surface area contributed by atoms with Crippen molar-refractivity contribution in [1.29, 1.82) is 0 Å². The van der Waals surface area contributed by atoms with Gasteiger partial charge in [0, 0.05) is 5.02 Å². The van der Waals surface area contributed by atoms with Crippen LogP contribution in [0.25, 0.3) is 11.0 Å². The van der Waals surface area contributed by atoms with Crippen molar-refractivity contribution in [2.75, 3.05) is 7.11 Å². The van der Waals surface area contributed by atoms with Crippen LogP contribution < -0.4 is 10.4 Å². The smallest absolute Gasteiger partial charge is 0.357 e. The number of methoxy groups -OCH3 is 1. The Morgan fingerprint density at radius 1 is 0.710 bits per heavy atom. The number of hydrogen-bond donors (Lipinski definition) is 0. The molecule has 8 nitrogen and oxygen atoms in total. The maximum absolute atomic E-state index is 13.3. The number of imidazole rings is 1. The number of halogens is 1. The van der Waals surface area contributed by atoms with Gasteiger partial charge in [-0.1, -0.05) is 23.7 Å². The van der Waals surface area contributed by atoms with Gasteiger partial charge in [0.05, 0.1) is 27.9 Å². The molecule has 0 aliphatic heterocycles. The molecular weight excluding hydrogens is 464 g/mol. The first-order chi connectivity index (χ1) is 14.7. The highest BCUT2D eigenvalue weighted by atomic mass is 35.5. The summed E-state index contributed by atoms with van der Waals surface area (Å²) in [6.45, 7) is 0. The number of ether oxygens (including phenoxy) is 1. The molecule has 3 aromatic carbocycles. The Kier molecular flexibility index (Phi) is 5.16. The molecule has 4 aromatic rings. The van der Waals surface area contributed by atoms with E-state index >= 15 is 0 Å². The summed E-state index contributed by atoms with van der Waals surface area (Å²) >= 11 is 5.83. The van der Waals surface area contributed by atoms with E-state index < -0.39 is 25.7 Å². The first-order valence-corrected chi connectivity index (χ1v) is 12.1. The Labute approximate surface area is 183 Å². The molecule has 0 fully saturated rings. The molecule has 0 bridgehead atoms. The maximum Gasteiger partial charge on any atom is 0.357 e. The van der Waals surface area contributed by atoms with E-state index in [-0.39, 0.29) is 20.8 Å². The van der Waals surface area contributed by atoms with E-state index in [2.05, 4.69) is 0 Å². The van der Waals surface area contributed by atoms with Gasteiger partial charge in [0.15, 0.2) is 0 Å². The second-order valence-electron chi connectivity index (χ2n) is 6.44. The van der Waals surface area contributed by atoms with Crippen LogP contribution in [-0.2, 0) is 20.0 Å². The van der Waals surface area contributed by atoms with Gasteiger partial charge in [0.2, 0.25) is 0 Å². The zero-order valence-corrected chi connectivity index (χ0v) is 18.4. The largest absolute Gasteiger partial charge is 0.497 e. The third-order valence-electron chi connectivity index (χ3n) is 4.62. The molecule has 0 saturated carbocycles. The van der Waals surface area contributed by atoms with Gasteiger partial charge >= 0.3 is 5.69 Å². The molecule has 0 spiro atoms. The molecule has 31 heavy (non-hydrogen) atoms. The van der Waals surface area contributed by atoms with Crippen LogP contribution in [0.3, 0.4) is 0 Å². The number of fused-ring (bicyclic) bond motifs is 1. The molecule has 0 N–H and O–H groups in total. The molecule has 11 heteroatoms. The first-order valence-electron chi connectivity index (χ1n) is 8.81. The summed E-state index contributed by atoms with van der Waals surface area (Å²) in [5, 5.41) is 0.316. The summed E-state index contributed by atoms with van der Waals surface area (Å²) < 4.78 is 59.0. The lowest BCUT2D eigenvalue weighted by Crippen LogP contribution is -2.33. The molecule has 1 aromatic heterocycles. The molecule has 0 amide bonds. The highest BCUT2D eigenvalue weighted by Gasteiger charge is 2.30. The van der Waals surface area contributed by atoms with Crippen molar-refractivity contribution in [2.24, 2.45) is 0 Å². The molecule has 1 heterocycles. The summed E-state index contributed by atoms with van der Waals surface area (Å²) in [5.41, 5.74) is -1.37. The van der Waals surface area contributed by atoms with E-state index in [1.54, 1.807) is 0 Å². The Bertz CT molecular complexity index is 1550. The second-order valence-corrected chi connectivity index (χ2v) is 10.4. The van der Waals surface area contributed by atoms with Crippen LogP contribution >= 0.6 is 11.6 Å². The predicted octanol–water partition coefficient (Wildman–Crippen LogP) is 2.94. The lowest BCUT2D eigenvalue weighted by Gasteiger charge is -2.07. The van der Waals surface area contributed by atoms with Crippen LogP contribution in [0.2, 0.25) is 5.02 Å². The van der Waals surface area contributed by atoms with Gasteiger partial charge in [-0.25, -0.2) is 21.6 Å². The third kappa shape index (κ3) is 3.42. The summed E-state index contributed by atoms with van der Waals surface area (Å²) in [6, 6.07) is 16.4. The Morgan fingerprint density at radius 3 is 1.55 bits per heavy atom. The van der Waals surface area contributed by atoms with Gasteiger partial charge in [-0.15, -0.1) is 0 Å². The minimum atomic E-state index is -4.41. The van der Waals surface area contributed by atoms with Crippen LogP contribution in [0.5, 0.6) is 5.75 Å². The highest BCUT2D eigenvalue weighted by molar-refractivity contribution is 7.91. The van der Waals surface area contributed by atoms with E-state index in [1.807, 2.05) is 0 Å². The number of benzene rings is 3. The fourth-order valence-corrected chi connectivity index (χ4v) is 6.09. The van der Waals surface area contributed by atoms with Gasteiger partial charge in [0.1, 0.15) is 5.75 Å². The summed E-state index contributed by atoms with van der Waals surface area (Å²) in [5.74, 6) is 0.430. The maximum atomic E-state index is 13.3. The molecule has 160 valence electrons. The van der Waals surface area contributed by atoms with Crippen LogP contribution in [0.1, 0.15) is 0 Å². The van der Waals surface area contributed by atoms with Crippen molar-refractivity contribution >= 4 is 42.7 Å². The summed E-state index contributed by atoms with van der Waals surface area (Å²) in [7, 11) is -7.38. The van der Waals surface area contributed by atoms with Gasteiger partial charge in [-0.05, 0) is 60.7 Å². The van der Waals surface area contributed by atoms with Crippen molar-refractivity contribution in [3.05, 3.63) is 88.3 Å². The molecule has 0 aliphatic carbocycles. The predicted molar refractivity (Wildman–Crippen MR) is 116 cm³/mol. The number of hydrogen-bond acceptors (Lipinski definition) is 6. The van der Waals surface area contributed by atoms with Crippen LogP contribution in [0.15, 0.2) is 87.4 Å². The van der Waals surface area contributed by atoms with Crippen LogP contribution in [0, 0.1) is 0 Å². The molecular formula is C20H15ClN2O6S2. The van der Waals surface area contributed by atoms with Gasteiger partial charge < -0.3 is 4.74 Å². The second kappa shape index (κ2) is 7.56. The quantitative estimate of drug-likeness (QED) is 0.436. The Morgan fingerprint density at radius 2 is 1.13 bits per heavy atom. The van der Waals surface area contributed by atoms with Crippen LogP contribution in [-0.4, -0.2) is 31.9 Å². The number of para-hydroxylation sites is 2. The number of rotatable bonds is 5. The number of aromatic nitrogens is 2. The molecule has 0 saturated heterocycles. The average molecular weight is 479 g/mol. The van der Waals surface area contributed by atoms with Crippen molar-refractivity contribution in [3.8, 4) is 5.75 Å². The molecule has 0 unspecified atom stereocenters. The van der Waals surface area contributed by atoms with Gasteiger partial charge in [-0.2, -0.15) is 7.94 Å². The first kappa shape index (κ1) is 21.2. The van der Waals surface area contributed by atoms with E-state index in [1.165, 1.54) is 79.9 Å². The van der Waals surface area contributed by atoms with Gasteiger partial charge in [-0.3, -0.25) is 0 Å². The topological polar surface area (TPSA) is 104 Å². The third-order valence-corrected chi connectivity index (χ3v) is 8.27. The van der Waals surface area contributed by atoms with E-state index in [0.717, 1.165) is 0 Å². The fraction of sp³-hybridized carbons (Fsp3) is 0.0500.